The highest BCUT2D eigenvalue weighted by Gasteiger charge is 2.26. The number of benzene rings is 2. The van der Waals surface area contributed by atoms with Crippen molar-refractivity contribution in [2.75, 3.05) is 18.7 Å². The van der Waals surface area contributed by atoms with Crippen molar-refractivity contribution in [2.45, 2.75) is 6.42 Å². The van der Waals surface area contributed by atoms with Gasteiger partial charge in [0, 0.05) is 6.07 Å². The molecule has 3 rings (SSSR count). The van der Waals surface area contributed by atoms with Gasteiger partial charge in [0.1, 0.15) is 17.3 Å². The molecule has 0 bridgehead atoms. The Labute approximate surface area is 144 Å². The minimum Gasteiger partial charge on any atom is -0.497 e. The maximum atomic E-state index is 12.0. The van der Waals surface area contributed by atoms with Crippen LogP contribution < -0.4 is 19.8 Å². The van der Waals surface area contributed by atoms with Crippen molar-refractivity contribution in [3.63, 3.8) is 0 Å². The Morgan fingerprint density at radius 1 is 1.16 bits per heavy atom. The highest BCUT2D eigenvalue weighted by Crippen LogP contribution is 2.20. The van der Waals surface area contributed by atoms with Crippen molar-refractivity contribution in [2.24, 2.45) is 5.10 Å². The molecule has 0 aromatic heterocycles. The third-order valence-electron chi connectivity index (χ3n) is 3.47. The number of hydrogen-bond donors (Lipinski definition) is 1. The maximum Gasteiger partial charge on any atom is 0.263 e. The normalized spacial score (nSPS) is 13.4. The molecule has 0 atom stereocenters. The molecule has 0 unspecified atom stereocenters. The molecule has 7 nitrogen and oxygen atoms in total. The number of anilines is 1. The quantitative estimate of drug-likeness (QED) is 0.903. The zero-order valence-corrected chi connectivity index (χ0v) is 13.6. The molecule has 0 spiro atoms. The summed E-state index contributed by atoms with van der Waals surface area (Å²) in [7, 11) is 1.56. The fourth-order valence-corrected chi connectivity index (χ4v) is 2.31. The number of nitrogens with one attached hydrogen (secondary N) is 1. The molecule has 0 aliphatic carbocycles. The molecule has 2 amide bonds. The van der Waals surface area contributed by atoms with E-state index in [9.17, 15) is 9.59 Å². The zero-order valence-electron chi connectivity index (χ0n) is 13.6. The highest BCUT2D eigenvalue weighted by molar-refractivity contribution is 6.15. The predicted molar refractivity (Wildman–Crippen MR) is 92.6 cm³/mol. The lowest BCUT2D eigenvalue weighted by Gasteiger charge is -2.10. The first-order valence-corrected chi connectivity index (χ1v) is 7.68. The van der Waals surface area contributed by atoms with Gasteiger partial charge in [0.15, 0.2) is 6.61 Å². The number of ether oxygens (including phenoxy) is 2. The van der Waals surface area contributed by atoms with Gasteiger partial charge in [0.25, 0.3) is 11.8 Å². The lowest BCUT2D eigenvalue weighted by Crippen LogP contribution is -2.33. The van der Waals surface area contributed by atoms with Gasteiger partial charge in [-0.15, -0.1) is 0 Å². The van der Waals surface area contributed by atoms with Crippen LogP contribution in [0.1, 0.15) is 6.42 Å². The average Bonchev–Trinajstić information content (AvgIpc) is 3.01. The molecule has 1 heterocycles. The van der Waals surface area contributed by atoms with Crippen molar-refractivity contribution >= 4 is 23.3 Å². The molecule has 2 aromatic rings. The van der Waals surface area contributed by atoms with Gasteiger partial charge in [-0.25, -0.2) is 0 Å². The van der Waals surface area contributed by atoms with Crippen LogP contribution in [0.2, 0.25) is 0 Å². The molecule has 0 saturated heterocycles. The van der Waals surface area contributed by atoms with Crippen LogP contribution in [0.5, 0.6) is 11.5 Å². The van der Waals surface area contributed by atoms with Gasteiger partial charge in [-0.1, -0.05) is 24.3 Å². The van der Waals surface area contributed by atoms with E-state index in [2.05, 4.69) is 10.4 Å². The minimum absolute atomic E-state index is 0.0415. The van der Waals surface area contributed by atoms with Gasteiger partial charge in [0.2, 0.25) is 0 Å². The summed E-state index contributed by atoms with van der Waals surface area (Å²) in [6.45, 7) is -0.189. The van der Waals surface area contributed by atoms with Gasteiger partial charge < -0.3 is 14.8 Å². The Balaban J connectivity index is 1.57. The second-order valence-electron chi connectivity index (χ2n) is 5.28. The first-order chi connectivity index (χ1) is 12.2. The first-order valence-electron chi connectivity index (χ1n) is 7.68. The smallest absolute Gasteiger partial charge is 0.263 e. The van der Waals surface area contributed by atoms with E-state index >= 15 is 0 Å². The van der Waals surface area contributed by atoms with E-state index in [1.807, 2.05) is 18.2 Å². The number of nitrogens with zero attached hydrogens (tertiary/aromatic N) is 2. The van der Waals surface area contributed by atoms with Gasteiger partial charge in [0.05, 0.1) is 19.2 Å². The SMILES string of the molecule is COc1cccc(OCC(=O)NC2=NN(c3ccccc3)C(=O)C2)c1. The molecule has 128 valence electrons. The van der Waals surface area contributed by atoms with E-state index in [4.69, 9.17) is 9.47 Å². The number of hydrazone groups is 1. The van der Waals surface area contributed by atoms with Crippen LogP contribution in [0.3, 0.4) is 0 Å². The maximum absolute atomic E-state index is 12.0. The monoisotopic (exact) mass is 339 g/mol. The van der Waals surface area contributed by atoms with Gasteiger partial charge in [-0.3, -0.25) is 9.59 Å². The molecular formula is C18H17N3O4. The lowest BCUT2D eigenvalue weighted by molar-refractivity contribution is -0.121. The molecule has 0 radical (unpaired) electrons. The molecule has 1 aliphatic rings. The molecule has 1 aliphatic heterocycles. The number of amidine groups is 1. The van der Waals surface area contributed by atoms with Crippen molar-refractivity contribution in [3.8, 4) is 11.5 Å². The van der Waals surface area contributed by atoms with Crippen LogP contribution in [0.15, 0.2) is 59.7 Å². The first kappa shape index (κ1) is 16.5. The molecule has 0 fully saturated rings. The van der Waals surface area contributed by atoms with Gasteiger partial charge in [-0.2, -0.15) is 10.1 Å². The Morgan fingerprint density at radius 2 is 1.92 bits per heavy atom. The number of carbonyl (C=O) groups is 2. The predicted octanol–water partition coefficient (Wildman–Crippen LogP) is 1.94. The summed E-state index contributed by atoms with van der Waals surface area (Å²) in [6.07, 6.45) is 0.0415. The highest BCUT2D eigenvalue weighted by atomic mass is 16.5. The summed E-state index contributed by atoms with van der Waals surface area (Å²) in [5.41, 5.74) is 0.657. The molecular weight excluding hydrogens is 322 g/mol. The van der Waals surface area contributed by atoms with E-state index in [0.29, 0.717) is 23.0 Å². The number of methoxy groups -OCH3 is 1. The lowest BCUT2D eigenvalue weighted by atomic mass is 10.3. The van der Waals surface area contributed by atoms with Crippen molar-refractivity contribution in [3.05, 3.63) is 54.6 Å². The van der Waals surface area contributed by atoms with Gasteiger partial charge >= 0.3 is 0 Å². The molecule has 7 heteroatoms. The summed E-state index contributed by atoms with van der Waals surface area (Å²) < 4.78 is 10.5. The fraction of sp³-hybridized carbons (Fsp3) is 0.167. The van der Waals surface area contributed by atoms with Crippen molar-refractivity contribution in [1.29, 1.82) is 0 Å². The Bertz CT molecular complexity index is 805. The van der Waals surface area contributed by atoms with Crippen LogP contribution in [-0.4, -0.2) is 31.4 Å². The largest absolute Gasteiger partial charge is 0.497 e. The van der Waals surface area contributed by atoms with Crippen LogP contribution in [0, 0.1) is 0 Å². The van der Waals surface area contributed by atoms with E-state index in [1.54, 1.807) is 43.5 Å². The van der Waals surface area contributed by atoms with E-state index in [-0.39, 0.29) is 24.8 Å². The minimum atomic E-state index is -0.385. The van der Waals surface area contributed by atoms with Crippen molar-refractivity contribution < 1.29 is 19.1 Å². The topological polar surface area (TPSA) is 80.2 Å². The molecule has 25 heavy (non-hydrogen) atoms. The summed E-state index contributed by atoms with van der Waals surface area (Å²) in [5.74, 6) is 0.875. The van der Waals surface area contributed by atoms with Crippen LogP contribution >= 0.6 is 0 Å². The second-order valence-corrected chi connectivity index (χ2v) is 5.28. The van der Waals surface area contributed by atoms with E-state index in [1.165, 1.54) is 5.01 Å². The number of para-hydroxylation sites is 1. The number of amides is 2. The third-order valence-corrected chi connectivity index (χ3v) is 3.47. The average molecular weight is 339 g/mol. The van der Waals surface area contributed by atoms with E-state index in [0.717, 1.165) is 0 Å². The van der Waals surface area contributed by atoms with Crippen LogP contribution in [0.4, 0.5) is 5.69 Å². The second kappa shape index (κ2) is 7.48. The standard InChI is InChI=1S/C18H17N3O4/c1-24-14-8-5-9-15(10-14)25-12-17(22)19-16-11-18(23)21(20-16)13-6-3-2-4-7-13/h2-10H,11-12H2,1H3,(H,19,20,22). The van der Waals surface area contributed by atoms with Crippen LogP contribution in [-0.2, 0) is 9.59 Å². The van der Waals surface area contributed by atoms with Gasteiger partial charge in [-0.05, 0) is 24.3 Å². The third kappa shape index (κ3) is 4.14. The zero-order chi connectivity index (χ0) is 17.6. The van der Waals surface area contributed by atoms with Crippen LogP contribution in [0.25, 0.3) is 0 Å². The number of rotatable bonds is 5. The fourth-order valence-electron chi connectivity index (χ4n) is 2.31. The summed E-state index contributed by atoms with van der Waals surface area (Å²) in [6, 6.07) is 16.0. The number of hydrogen-bond acceptors (Lipinski definition) is 5. The van der Waals surface area contributed by atoms with E-state index < -0.39 is 0 Å². The Hall–Kier alpha value is -3.35. The van der Waals surface area contributed by atoms with Crippen molar-refractivity contribution in [1.82, 2.24) is 5.32 Å². The Morgan fingerprint density at radius 3 is 2.68 bits per heavy atom. The molecule has 2 aromatic carbocycles. The Kier molecular flexibility index (Phi) is 4.94. The summed E-state index contributed by atoms with van der Waals surface area (Å²) in [4.78, 5) is 24.0. The molecule has 1 N–H and O–H groups in total. The summed E-state index contributed by atoms with van der Waals surface area (Å²) in [5, 5.41) is 8.03. The molecule has 0 saturated carbocycles. The summed E-state index contributed by atoms with van der Waals surface area (Å²) >= 11 is 0. The number of carbonyl (C=O) groups excluding carboxylic acids is 2.